The van der Waals surface area contributed by atoms with Gasteiger partial charge in [-0.1, -0.05) is 91.0 Å². The SMILES string of the molecule is O=C(/C=N\N1C(=S)N(c2ccccc2)C(=Nc2ccccc2)C1=Nc1ccccc1)/C=C/c1ccccc1. The molecule has 4 aromatic rings. The lowest BCUT2D eigenvalue weighted by atomic mass is 10.2. The van der Waals surface area contributed by atoms with Gasteiger partial charge < -0.3 is 0 Å². The van der Waals surface area contributed by atoms with Crippen molar-refractivity contribution in [1.29, 1.82) is 0 Å². The minimum Gasteiger partial charge on any atom is -0.288 e. The quantitative estimate of drug-likeness (QED) is 0.155. The number of hydrazone groups is 1. The second-order valence-corrected chi connectivity index (χ2v) is 8.56. The summed E-state index contributed by atoms with van der Waals surface area (Å²) in [7, 11) is 0. The second-order valence-electron chi connectivity index (χ2n) is 8.20. The van der Waals surface area contributed by atoms with E-state index >= 15 is 0 Å². The van der Waals surface area contributed by atoms with Gasteiger partial charge in [0.2, 0.25) is 10.9 Å². The molecule has 0 bridgehead atoms. The minimum absolute atomic E-state index is 0.282. The molecule has 5 rings (SSSR count). The first-order valence-corrected chi connectivity index (χ1v) is 12.4. The predicted molar refractivity (Wildman–Crippen MR) is 159 cm³/mol. The fourth-order valence-corrected chi connectivity index (χ4v) is 4.06. The highest BCUT2D eigenvalue weighted by atomic mass is 32.1. The third-order valence-corrected chi connectivity index (χ3v) is 5.88. The van der Waals surface area contributed by atoms with Crippen LogP contribution < -0.4 is 4.90 Å². The lowest BCUT2D eigenvalue weighted by Crippen LogP contribution is -2.31. The number of nitrogens with zero attached hydrogens (tertiary/aromatic N) is 5. The number of carbonyl (C=O) groups excluding carboxylic acids is 1. The molecule has 0 N–H and O–H groups in total. The molecule has 1 heterocycles. The standard InChI is InChI=1S/C31H23N5OS/c37-28(22-21-24-13-5-1-6-14-24)23-32-36-30(34-26-17-9-3-10-18-26)29(33-25-15-7-2-8-16-25)35(31(36)38)27-19-11-4-12-20-27/h1-23H/b22-21+,32-23-,33-29?,34-30?. The molecule has 0 aromatic heterocycles. The van der Waals surface area contributed by atoms with E-state index in [1.807, 2.05) is 126 Å². The van der Waals surface area contributed by atoms with Gasteiger partial charge in [-0.15, -0.1) is 0 Å². The Balaban J connectivity index is 1.58. The number of thiocarbonyl (C=S) groups is 1. The Hall–Kier alpha value is -5.01. The molecule has 0 saturated carbocycles. The zero-order chi connectivity index (χ0) is 26.2. The van der Waals surface area contributed by atoms with Crippen molar-refractivity contribution >= 4 is 64.1 Å². The highest BCUT2D eigenvalue weighted by molar-refractivity contribution is 7.80. The van der Waals surface area contributed by atoms with Crippen molar-refractivity contribution in [2.75, 3.05) is 4.90 Å². The van der Waals surface area contributed by atoms with Gasteiger partial charge in [-0.05, 0) is 60.3 Å². The van der Waals surface area contributed by atoms with E-state index < -0.39 is 0 Å². The number of hydrogen-bond donors (Lipinski definition) is 0. The van der Waals surface area contributed by atoms with Crippen LogP contribution in [0.15, 0.2) is 142 Å². The molecular weight excluding hydrogens is 490 g/mol. The summed E-state index contributed by atoms with van der Waals surface area (Å²) in [6, 6.07) is 38.3. The fourth-order valence-electron chi connectivity index (χ4n) is 3.73. The van der Waals surface area contributed by atoms with E-state index in [0.29, 0.717) is 22.5 Å². The number of ketones is 1. The summed E-state index contributed by atoms with van der Waals surface area (Å²) in [6.07, 6.45) is 4.45. The number of para-hydroxylation sites is 3. The number of amidine groups is 2. The maximum Gasteiger partial charge on any atom is 0.209 e. The van der Waals surface area contributed by atoms with E-state index in [1.165, 1.54) is 17.3 Å². The van der Waals surface area contributed by atoms with Crippen molar-refractivity contribution in [3.05, 3.63) is 133 Å². The van der Waals surface area contributed by atoms with Gasteiger partial charge in [0, 0.05) is 0 Å². The van der Waals surface area contributed by atoms with Gasteiger partial charge in [0.15, 0.2) is 11.6 Å². The molecule has 0 atom stereocenters. The maximum atomic E-state index is 12.7. The van der Waals surface area contributed by atoms with E-state index in [1.54, 1.807) is 6.08 Å². The fraction of sp³-hybridized carbons (Fsp3) is 0. The number of anilines is 1. The highest BCUT2D eigenvalue weighted by Crippen LogP contribution is 2.28. The summed E-state index contributed by atoms with van der Waals surface area (Å²) < 4.78 is 0. The molecule has 38 heavy (non-hydrogen) atoms. The molecule has 1 fully saturated rings. The summed E-state index contributed by atoms with van der Waals surface area (Å²) in [5, 5.41) is 6.28. The average Bonchev–Trinajstić information content (AvgIpc) is 3.22. The Morgan fingerprint density at radius 3 is 1.74 bits per heavy atom. The molecule has 0 radical (unpaired) electrons. The minimum atomic E-state index is -0.282. The van der Waals surface area contributed by atoms with Crippen LogP contribution in [0.4, 0.5) is 17.1 Å². The smallest absolute Gasteiger partial charge is 0.209 e. The first-order valence-electron chi connectivity index (χ1n) is 12.0. The highest BCUT2D eigenvalue weighted by Gasteiger charge is 2.39. The molecule has 0 amide bonds. The number of carbonyl (C=O) groups is 1. The first-order chi connectivity index (χ1) is 18.7. The van der Waals surface area contributed by atoms with Crippen LogP contribution in [0.5, 0.6) is 0 Å². The van der Waals surface area contributed by atoms with Crippen LogP contribution >= 0.6 is 12.2 Å². The molecule has 6 nitrogen and oxygen atoms in total. The van der Waals surface area contributed by atoms with Crippen molar-refractivity contribution in [1.82, 2.24) is 5.01 Å². The molecule has 0 unspecified atom stereocenters. The number of benzene rings is 4. The van der Waals surface area contributed by atoms with Crippen LogP contribution in [-0.4, -0.2) is 33.8 Å². The summed E-state index contributed by atoms with van der Waals surface area (Å²) in [4.78, 5) is 24.3. The molecule has 1 aliphatic rings. The van der Waals surface area contributed by atoms with E-state index in [0.717, 1.165) is 16.9 Å². The van der Waals surface area contributed by atoms with Crippen molar-refractivity contribution < 1.29 is 4.79 Å². The zero-order valence-corrected chi connectivity index (χ0v) is 21.1. The Bertz CT molecular complexity index is 1530. The van der Waals surface area contributed by atoms with Gasteiger partial charge in [-0.2, -0.15) is 10.1 Å². The maximum absolute atomic E-state index is 12.7. The van der Waals surface area contributed by atoms with E-state index in [9.17, 15) is 4.79 Å². The van der Waals surface area contributed by atoms with Crippen molar-refractivity contribution in [2.24, 2.45) is 15.1 Å². The summed E-state index contributed by atoms with van der Waals surface area (Å²) in [5.41, 5.74) is 3.17. The van der Waals surface area contributed by atoms with Crippen LogP contribution in [0.25, 0.3) is 6.08 Å². The van der Waals surface area contributed by atoms with Gasteiger partial charge in [0.25, 0.3) is 0 Å². The molecule has 1 saturated heterocycles. The molecule has 1 aliphatic heterocycles. The van der Waals surface area contributed by atoms with Crippen LogP contribution in [0.2, 0.25) is 0 Å². The lowest BCUT2D eigenvalue weighted by Gasteiger charge is -2.17. The number of rotatable bonds is 7. The number of aliphatic imine (C=N–C) groups is 2. The zero-order valence-electron chi connectivity index (χ0n) is 20.3. The van der Waals surface area contributed by atoms with Crippen molar-refractivity contribution in [2.45, 2.75) is 0 Å². The van der Waals surface area contributed by atoms with Crippen molar-refractivity contribution in [3.8, 4) is 0 Å². The molecule has 0 aliphatic carbocycles. The first kappa shape index (κ1) is 24.7. The van der Waals surface area contributed by atoms with Gasteiger partial charge in [0.05, 0.1) is 23.3 Å². The molecule has 7 heteroatoms. The normalized spacial score (nSPS) is 15.8. The number of allylic oxidation sites excluding steroid dienone is 1. The van der Waals surface area contributed by atoms with Gasteiger partial charge >= 0.3 is 0 Å². The lowest BCUT2D eigenvalue weighted by molar-refractivity contribution is -0.108. The van der Waals surface area contributed by atoms with Gasteiger partial charge in [-0.3, -0.25) is 9.69 Å². The molecule has 0 spiro atoms. The Morgan fingerprint density at radius 2 is 1.16 bits per heavy atom. The van der Waals surface area contributed by atoms with E-state index in [4.69, 9.17) is 22.2 Å². The Morgan fingerprint density at radius 1 is 0.658 bits per heavy atom. The van der Waals surface area contributed by atoms with Crippen LogP contribution in [0.3, 0.4) is 0 Å². The van der Waals surface area contributed by atoms with E-state index in [2.05, 4.69) is 5.10 Å². The third-order valence-electron chi connectivity index (χ3n) is 5.52. The monoisotopic (exact) mass is 513 g/mol. The van der Waals surface area contributed by atoms with E-state index in [-0.39, 0.29) is 5.78 Å². The summed E-state index contributed by atoms with van der Waals surface area (Å²) >= 11 is 5.87. The van der Waals surface area contributed by atoms with Crippen molar-refractivity contribution in [3.63, 3.8) is 0 Å². The van der Waals surface area contributed by atoms with Crippen LogP contribution in [-0.2, 0) is 4.79 Å². The topological polar surface area (TPSA) is 60.6 Å². The molecule has 184 valence electrons. The second kappa shape index (κ2) is 11.8. The Kier molecular flexibility index (Phi) is 7.67. The summed E-state index contributed by atoms with van der Waals surface area (Å²) in [5.74, 6) is 0.626. The Labute approximate surface area is 226 Å². The summed E-state index contributed by atoms with van der Waals surface area (Å²) in [6.45, 7) is 0. The van der Waals surface area contributed by atoms with Crippen LogP contribution in [0.1, 0.15) is 5.56 Å². The molecular formula is C31H23N5OS. The number of hydrogen-bond acceptors (Lipinski definition) is 5. The third kappa shape index (κ3) is 5.86. The van der Waals surface area contributed by atoms with Gasteiger partial charge in [0.1, 0.15) is 0 Å². The van der Waals surface area contributed by atoms with Crippen LogP contribution in [0, 0.1) is 0 Å². The predicted octanol–water partition coefficient (Wildman–Crippen LogP) is 6.82. The largest absolute Gasteiger partial charge is 0.288 e. The average molecular weight is 514 g/mol. The molecule has 4 aromatic carbocycles. The van der Waals surface area contributed by atoms with Gasteiger partial charge in [-0.25, -0.2) is 9.98 Å².